The van der Waals surface area contributed by atoms with E-state index in [1.54, 1.807) is 25.7 Å². The van der Waals surface area contributed by atoms with E-state index in [9.17, 15) is 14.4 Å². The van der Waals surface area contributed by atoms with Crippen LogP contribution in [0.1, 0.15) is 81.8 Å². The van der Waals surface area contributed by atoms with E-state index in [0.717, 1.165) is 33.5 Å². The fourth-order valence-electron chi connectivity index (χ4n) is 4.44. The Morgan fingerprint density at radius 2 is 1.55 bits per heavy atom. The van der Waals surface area contributed by atoms with Crippen LogP contribution in [-0.2, 0) is 14.3 Å². The maximum absolute atomic E-state index is 14.2. The third-order valence-electron chi connectivity index (χ3n) is 6.37. The molecule has 38 heavy (non-hydrogen) atoms. The van der Waals surface area contributed by atoms with Gasteiger partial charge in [-0.2, -0.15) is 0 Å². The number of nitrogens with zero attached hydrogens (tertiary/aromatic N) is 1. The van der Waals surface area contributed by atoms with Gasteiger partial charge in [-0.05, 0) is 83.1 Å². The van der Waals surface area contributed by atoms with Crippen LogP contribution < -0.4 is 10.6 Å². The predicted molar refractivity (Wildman–Crippen MR) is 153 cm³/mol. The Labute approximate surface area is 228 Å². The van der Waals surface area contributed by atoms with Crippen LogP contribution in [0.2, 0.25) is 0 Å². The third kappa shape index (κ3) is 8.07. The molecule has 0 fully saturated rings. The van der Waals surface area contributed by atoms with Gasteiger partial charge in [-0.25, -0.2) is 4.79 Å². The number of carbonyl (C=O) groups is 3. The lowest BCUT2D eigenvalue weighted by Crippen LogP contribution is -2.54. The normalized spacial score (nSPS) is 13.0. The first-order chi connectivity index (χ1) is 17.7. The van der Waals surface area contributed by atoms with Crippen LogP contribution in [0.4, 0.5) is 10.5 Å². The molecule has 2 aromatic carbocycles. The van der Waals surface area contributed by atoms with Crippen LogP contribution in [0.15, 0.2) is 36.4 Å². The Morgan fingerprint density at radius 1 is 0.947 bits per heavy atom. The van der Waals surface area contributed by atoms with E-state index < -0.39 is 23.8 Å². The number of hydrogen-bond donors (Lipinski definition) is 2. The van der Waals surface area contributed by atoms with Crippen molar-refractivity contribution in [2.45, 2.75) is 93.3 Å². The lowest BCUT2D eigenvalue weighted by Gasteiger charge is -2.36. The van der Waals surface area contributed by atoms with E-state index in [4.69, 9.17) is 4.74 Å². The zero-order valence-electron chi connectivity index (χ0n) is 24.7. The second kappa shape index (κ2) is 12.9. The van der Waals surface area contributed by atoms with Gasteiger partial charge in [0.15, 0.2) is 0 Å². The van der Waals surface area contributed by atoms with Crippen molar-refractivity contribution in [1.29, 1.82) is 0 Å². The maximum atomic E-state index is 14.2. The summed E-state index contributed by atoms with van der Waals surface area (Å²) in [6, 6.07) is 10.0. The number of anilines is 1. The molecule has 208 valence electrons. The summed E-state index contributed by atoms with van der Waals surface area (Å²) in [5.74, 6) is -0.844. The average Bonchev–Trinajstić information content (AvgIpc) is 2.80. The van der Waals surface area contributed by atoms with Gasteiger partial charge in [0.2, 0.25) is 5.91 Å². The zero-order valence-corrected chi connectivity index (χ0v) is 24.7. The smallest absolute Gasteiger partial charge is 0.408 e. The summed E-state index contributed by atoms with van der Waals surface area (Å²) in [4.78, 5) is 42.5. The van der Waals surface area contributed by atoms with Crippen LogP contribution in [0.25, 0.3) is 0 Å². The van der Waals surface area contributed by atoms with Crippen molar-refractivity contribution >= 4 is 23.6 Å². The van der Waals surface area contributed by atoms with E-state index in [-0.39, 0.29) is 17.7 Å². The first-order valence-corrected chi connectivity index (χ1v) is 13.4. The molecule has 7 heteroatoms. The van der Waals surface area contributed by atoms with Crippen molar-refractivity contribution in [3.8, 4) is 0 Å². The van der Waals surface area contributed by atoms with Crippen LogP contribution in [0.5, 0.6) is 0 Å². The van der Waals surface area contributed by atoms with Gasteiger partial charge in [-0.3, -0.25) is 9.59 Å². The molecular formula is C31H45N3O4. The second-order valence-corrected chi connectivity index (χ2v) is 11.4. The molecule has 3 amide bonds. The minimum atomic E-state index is -0.886. The molecule has 0 aliphatic carbocycles. The highest BCUT2D eigenvalue weighted by atomic mass is 16.6. The number of amides is 3. The molecule has 2 unspecified atom stereocenters. The highest BCUT2D eigenvalue weighted by molar-refractivity contribution is 6.00. The molecule has 7 nitrogen and oxygen atoms in total. The van der Waals surface area contributed by atoms with Crippen molar-refractivity contribution in [2.24, 2.45) is 5.92 Å². The fourth-order valence-corrected chi connectivity index (χ4v) is 4.44. The Morgan fingerprint density at radius 3 is 2.08 bits per heavy atom. The summed E-state index contributed by atoms with van der Waals surface area (Å²) in [7, 11) is 0. The lowest BCUT2D eigenvalue weighted by atomic mass is 9.94. The summed E-state index contributed by atoms with van der Waals surface area (Å²) in [6.45, 7) is 19.2. The SMILES string of the molecule is CCCN(C(=O)C(NC(=O)OC(C)(C)C)C(C)C)C(C(=O)Nc1c(C)cccc1C)c1cc(C)ccc1C. The van der Waals surface area contributed by atoms with Gasteiger partial charge in [0.05, 0.1) is 0 Å². The average molecular weight is 524 g/mol. The largest absolute Gasteiger partial charge is 0.444 e. The molecule has 0 heterocycles. The molecule has 0 spiro atoms. The van der Waals surface area contributed by atoms with Crippen molar-refractivity contribution in [3.63, 3.8) is 0 Å². The Bertz CT molecular complexity index is 1130. The molecule has 2 atom stereocenters. The number of nitrogens with one attached hydrogen (secondary N) is 2. The Balaban J connectivity index is 2.59. The minimum absolute atomic E-state index is 0.227. The molecule has 0 saturated heterocycles. The zero-order chi connectivity index (χ0) is 28.8. The molecule has 0 bridgehead atoms. The molecule has 0 aromatic heterocycles. The molecule has 0 aliphatic heterocycles. The minimum Gasteiger partial charge on any atom is -0.444 e. The van der Waals surface area contributed by atoms with Gasteiger partial charge in [-0.1, -0.05) is 62.7 Å². The third-order valence-corrected chi connectivity index (χ3v) is 6.37. The van der Waals surface area contributed by atoms with E-state index in [1.807, 2.05) is 84.9 Å². The fraction of sp³-hybridized carbons (Fsp3) is 0.516. The van der Waals surface area contributed by atoms with Crippen molar-refractivity contribution in [2.75, 3.05) is 11.9 Å². The van der Waals surface area contributed by atoms with E-state index >= 15 is 0 Å². The highest BCUT2D eigenvalue weighted by Crippen LogP contribution is 2.30. The molecule has 2 aromatic rings. The molecular weight excluding hydrogens is 478 g/mol. The summed E-state index contributed by atoms with van der Waals surface area (Å²) in [6.07, 6.45) is -0.0228. The maximum Gasteiger partial charge on any atom is 0.408 e. The number of carbonyl (C=O) groups excluding carboxylic acids is 3. The van der Waals surface area contributed by atoms with E-state index in [1.165, 1.54) is 0 Å². The van der Waals surface area contributed by atoms with Gasteiger partial charge in [0.25, 0.3) is 5.91 Å². The summed E-state index contributed by atoms with van der Waals surface area (Å²) in [5, 5.41) is 5.88. The Kier molecular flexibility index (Phi) is 10.5. The first-order valence-electron chi connectivity index (χ1n) is 13.4. The number of aryl methyl sites for hydroxylation is 4. The van der Waals surface area contributed by atoms with Crippen LogP contribution >= 0.6 is 0 Å². The predicted octanol–water partition coefficient (Wildman–Crippen LogP) is 6.39. The number of hydrogen-bond acceptors (Lipinski definition) is 4. The number of benzene rings is 2. The number of para-hydroxylation sites is 1. The standard InChI is InChI=1S/C31H45N3O4/c1-11-17-34(29(36)25(19(2)3)33-30(37)38-31(8,9)10)27(24-18-20(4)15-16-21(24)5)28(35)32-26-22(6)13-12-14-23(26)7/h12-16,18-19,25,27H,11,17H2,1-10H3,(H,32,35)(H,33,37). The van der Waals surface area contributed by atoms with Gasteiger partial charge >= 0.3 is 6.09 Å². The number of alkyl carbamates (subject to hydrolysis) is 1. The number of rotatable bonds is 9. The molecule has 2 rings (SSSR count). The van der Waals surface area contributed by atoms with Gasteiger partial charge < -0.3 is 20.3 Å². The van der Waals surface area contributed by atoms with Crippen molar-refractivity contribution < 1.29 is 19.1 Å². The van der Waals surface area contributed by atoms with Gasteiger partial charge in [0.1, 0.15) is 17.7 Å². The number of ether oxygens (including phenoxy) is 1. The molecule has 0 aliphatic rings. The van der Waals surface area contributed by atoms with Crippen LogP contribution in [0.3, 0.4) is 0 Å². The highest BCUT2D eigenvalue weighted by Gasteiger charge is 2.38. The second-order valence-electron chi connectivity index (χ2n) is 11.4. The summed E-state index contributed by atoms with van der Waals surface area (Å²) < 4.78 is 5.44. The van der Waals surface area contributed by atoms with Gasteiger partial charge in [-0.15, -0.1) is 0 Å². The van der Waals surface area contributed by atoms with Crippen molar-refractivity contribution in [1.82, 2.24) is 10.2 Å². The van der Waals surface area contributed by atoms with Gasteiger partial charge in [0, 0.05) is 12.2 Å². The van der Waals surface area contributed by atoms with E-state index in [2.05, 4.69) is 10.6 Å². The monoisotopic (exact) mass is 523 g/mol. The van der Waals surface area contributed by atoms with Crippen LogP contribution in [-0.4, -0.2) is 41.0 Å². The Hall–Kier alpha value is -3.35. The quantitative estimate of drug-likeness (QED) is 0.399. The molecule has 2 N–H and O–H groups in total. The van der Waals surface area contributed by atoms with Crippen LogP contribution in [0, 0.1) is 33.6 Å². The van der Waals surface area contributed by atoms with Crippen molar-refractivity contribution in [3.05, 3.63) is 64.2 Å². The molecule has 0 saturated carbocycles. The first kappa shape index (κ1) is 30.9. The summed E-state index contributed by atoms with van der Waals surface area (Å²) in [5.41, 5.74) is 4.58. The lowest BCUT2D eigenvalue weighted by molar-refractivity contribution is -0.141. The molecule has 0 radical (unpaired) electrons. The summed E-state index contributed by atoms with van der Waals surface area (Å²) >= 11 is 0. The topological polar surface area (TPSA) is 87.7 Å². The van der Waals surface area contributed by atoms with E-state index in [0.29, 0.717) is 13.0 Å².